The van der Waals surface area contributed by atoms with E-state index >= 15 is 0 Å². The molecule has 0 aromatic carbocycles. The van der Waals surface area contributed by atoms with E-state index in [4.69, 9.17) is 0 Å². The molecule has 0 bridgehead atoms. The normalized spacial score (nSPS) is 21.2. The highest BCUT2D eigenvalue weighted by Gasteiger charge is 2.39. The number of fused-ring (bicyclic) bond motifs is 1. The van der Waals surface area contributed by atoms with Crippen LogP contribution in [-0.4, -0.2) is 51.5 Å². The van der Waals surface area contributed by atoms with Gasteiger partial charge < -0.3 is 5.32 Å². The molecule has 2 fully saturated rings. The first-order valence-electron chi connectivity index (χ1n) is 8.74. The average Bonchev–Trinajstić information content (AvgIpc) is 3.10. The van der Waals surface area contributed by atoms with Crippen molar-refractivity contribution >= 4 is 44.4 Å². The number of thioether (sulfide) groups is 1. The third-order valence-corrected chi connectivity index (χ3v) is 6.74. The van der Waals surface area contributed by atoms with E-state index in [-0.39, 0.29) is 0 Å². The molecule has 2 aromatic rings. The van der Waals surface area contributed by atoms with Gasteiger partial charge in [-0.05, 0) is 40.9 Å². The first-order valence-corrected chi connectivity index (χ1v) is 10.7. The van der Waals surface area contributed by atoms with E-state index in [1.807, 2.05) is 18.5 Å². The molecule has 0 amide bonds. The molecule has 1 saturated heterocycles. The largest absolute Gasteiger partial charge is 0.381 e. The summed E-state index contributed by atoms with van der Waals surface area (Å²) in [4.78, 5) is 11.8. The topological polar surface area (TPSA) is 41.1 Å². The predicted octanol–water partition coefficient (Wildman–Crippen LogP) is 4.17. The minimum Gasteiger partial charge on any atom is -0.381 e. The highest BCUT2D eigenvalue weighted by Crippen LogP contribution is 2.37. The first-order chi connectivity index (χ1) is 11.8. The summed E-state index contributed by atoms with van der Waals surface area (Å²) in [5.74, 6) is 2.55. The fourth-order valence-corrected chi connectivity index (χ4v) is 5.31. The lowest BCUT2D eigenvalue weighted by Crippen LogP contribution is -2.54. The van der Waals surface area contributed by atoms with E-state index in [1.165, 1.54) is 50.3 Å². The standard InChI is InChI=1S/C18H23BrN4S/c19-14-11-16-17(21-12-14)15(3-6-20-16)22-13-18(4-1-2-5-18)23-7-9-24-10-8-23/h3,6,11-12H,1-2,4-5,7-10,13H2,(H,20,22). The summed E-state index contributed by atoms with van der Waals surface area (Å²) in [5, 5.41) is 3.72. The van der Waals surface area contributed by atoms with Crippen LogP contribution in [0.3, 0.4) is 0 Å². The Hall–Kier alpha value is -0.850. The number of hydrogen-bond donors (Lipinski definition) is 1. The number of hydrogen-bond acceptors (Lipinski definition) is 5. The minimum absolute atomic E-state index is 0.325. The van der Waals surface area contributed by atoms with Crippen LogP contribution in [0.25, 0.3) is 11.0 Å². The summed E-state index contributed by atoms with van der Waals surface area (Å²) in [6.45, 7) is 3.47. The third kappa shape index (κ3) is 3.28. The Morgan fingerprint density at radius 2 is 2.00 bits per heavy atom. The first kappa shape index (κ1) is 16.6. The Bertz CT molecular complexity index is 711. The van der Waals surface area contributed by atoms with Crippen molar-refractivity contribution in [1.29, 1.82) is 0 Å². The number of rotatable bonds is 4. The Morgan fingerprint density at radius 1 is 1.21 bits per heavy atom. The second-order valence-electron chi connectivity index (χ2n) is 6.76. The summed E-state index contributed by atoms with van der Waals surface area (Å²) in [7, 11) is 0. The van der Waals surface area contributed by atoms with Crippen LogP contribution >= 0.6 is 27.7 Å². The van der Waals surface area contributed by atoms with Crippen molar-refractivity contribution < 1.29 is 0 Å². The van der Waals surface area contributed by atoms with Gasteiger partial charge in [-0.2, -0.15) is 11.8 Å². The molecular weight excluding hydrogens is 384 g/mol. The van der Waals surface area contributed by atoms with Crippen LogP contribution in [0.5, 0.6) is 0 Å². The lowest BCUT2D eigenvalue weighted by atomic mass is 9.94. The molecule has 1 N–H and O–H groups in total. The van der Waals surface area contributed by atoms with Gasteiger partial charge in [0.2, 0.25) is 0 Å². The fraction of sp³-hybridized carbons (Fsp3) is 0.556. The Kier molecular flexibility index (Phi) is 4.97. The van der Waals surface area contributed by atoms with Crippen LogP contribution in [0.2, 0.25) is 0 Å². The molecule has 0 unspecified atom stereocenters. The number of anilines is 1. The van der Waals surface area contributed by atoms with Gasteiger partial charge in [0.05, 0.1) is 11.2 Å². The van der Waals surface area contributed by atoms with Crippen molar-refractivity contribution in [1.82, 2.24) is 14.9 Å². The van der Waals surface area contributed by atoms with E-state index < -0.39 is 0 Å². The van der Waals surface area contributed by atoms with Crippen molar-refractivity contribution in [2.75, 3.05) is 36.5 Å². The smallest absolute Gasteiger partial charge is 0.112 e. The van der Waals surface area contributed by atoms with Gasteiger partial charge in [-0.3, -0.25) is 14.9 Å². The third-order valence-electron chi connectivity index (χ3n) is 5.37. The van der Waals surface area contributed by atoms with Crippen LogP contribution in [0.1, 0.15) is 25.7 Å². The van der Waals surface area contributed by atoms with Crippen molar-refractivity contribution in [3.05, 3.63) is 29.0 Å². The molecule has 0 atom stereocenters. The summed E-state index contributed by atoms with van der Waals surface area (Å²) >= 11 is 5.57. The minimum atomic E-state index is 0.325. The predicted molar refractivity (Wildman–Crippen MR) is 106 cm³/mol. The number of pyridine rings is 2. The van der Waals surface area contributed by atoms with E-state index in [1.54, 1.807) is 0 Å². The summed E-state index contributed by atoms with van der Waals surface area (Å²) in [5.41, 5.74) is 3.32. The van der Waals surface area contributed by atoms with Crippen LogP contribution in [0.15, 0.2) is 29.0 Å². The van der Waals surface area contributed by atoms with Crippen LogP contribution in [0, 0.1) is 0 Å². The maximum atomic E-state index is 4.57. The van der Waals surface area contributed by atoms with E-state index in [9.17, 15) is 0 Å². The second-order valence-corrected chi connectivity index (χ2v) is 8.90. The van der Waals surface area contributed by atoms with Gasteiger partial charge in [0.1, 0.15) is 5.52 Å². The zero-order chi connectivity index (χ0) is 16.4. The molecule has 6 heteroatoms. The molecule has 0 spiro atoms. The van der Waals surface area contributed by atoms with Gasteiger partial charge in [-0.15, -0.1) is 0 Å². The summed E-state index contributed by atoms with van der Waals surface area (Å²) in [6.07, 6.45) is 9.06. The Labute approximate surface area is 155 Å². The fourth-order valence-electron chi connectivity index (χ4n) is 4.08. The van der Waals surface area contributed by atoms with Crippen LogP contribution in [0.4, 0.5) is 5.69 Å². The number of aromatic nitrogens is 2. The van der Waals surface area contributed by atoms with Crippen molar-refractivity contribution in [2.45, 2.75) is 31.2 Å². The maximum absolute atomic E-state index is 4.57. The molecule has 1 saturated carbocycles. The Morgan fingerprint density at radius 3 is 2.79 bits per heavy atom. The molecule has 1 aliphatic carbocycles. The molecule has 24 heavy (non-hydrogen) atoms. The van der Waals surface area contributed by atoms with Gasteiger partial charge in [-0.1, -0.05) is 12.8 Å². The average molecular weight is 407 g/mol. The number of halogens is 1. The van der Waals surface area contributed by atoms with Crippen LogP contribution in [-0.2, 0) is 0 Å². The SMILES string of the molecule is Brc1cnc2c(NCC3(N4CCSCC4)CCCC3)ccnc2c1. The summed E-state index contributed by atoms with van der Waals surface area (Å²) < 4.78 is 0.970. The maximum Gasteiger partial charge on any atom is 0.112 e. The van der Waals surface area contributed by atoms with E-state index in [0.717, 1.165) is 27.7 Å². The van der Waals surface area contributed by atoms with Crippen LogP contribution < -0.4 is 5.32 Å². The van der Waals surface area contributed by atoms with Gasteiger partial charge in [0.25, 0.3) is 0 Å². The van der Waals surface area contributed by atoms with E-state index in [0.29, 0.717) is 5.54 Å². The van der Waals surface area contributed by atoms with Gasteiger partial charge >= 0.3 is 0 Å². The lowest BCUT2D eigenvalue weighted by Gasteiger charge is -2.43. The molecule has 4 nitrogen and oxygen atoms in total. The summed E-state index contributed by atoms with van der Waals surface area (Å²) in [6, 6.07) is 4.08. The molecule has 2 aromatic heterocycles. The highest BCUT2D eigenvalue weighted by molar-refractivity contribution is 9.10. The monoisotopic (exact) mass is 406 g/mol. The lowest BCUT2D eigenvalue weighted by molar-refractivity contribution is 0.116. The molecule has 1 aliphatic heterocycles. The highest BCUT2D eigenvalue weighted by atomic mass is 79.9. The quantitative estimate of drug-likeness (QED) is 0.824. The van der Waals surface area contributed by atoms with E-state index in [2.05, 4.69) is 53.9 Å². The second kappa shape index (κ2) is 7.18. The molecule has 128 valence electrons. The van der Waals surface area contributed by atoms with Gasteiger partial charge in [0, 0.05) is 53.5 Å². The zero-order valence-corrected chi connectivity index (χ0v) is 16.2. The molecular formula is C18H23BrN4S. The van der Waals surface area contributed by atoms with Gasteiger partial charge in [0.15, 0.2) is 0 Å². The van der Waals surface area contributed by atoms with Crippen molar-refractivity contribution in [3.63, 3.8) is 0 Å². The van der Waals surface area contributed by atoms with Gasteiger partial charge in [-0.25, -0.2) is 0 Å². The number of nitrogens with one attached hydrogen (secondary N) is 1. The van der Waals surface area contributed by atoms with Crippen molar-refractivity contribution in [2.24, 2.45) is 0 Å². The number of nitrogens with zero attached hydrogens (tertiary/aromatic N) is 3. The molecule has 0 radical (unpaired) electrons. The molecule has 4 rings (SSSR count). The molecule has 3 heterocycles. The zero-order valence-electron chi connectivity index (χ0n) is 13.8. The molecule has 2 aliphatic rings. The Balaban J connectivity index is 1.56. The van der Waals surface area contributed by atoms with Crippen molar-refractivity contribution in [3.8, 4) is 0 Å².